The fourth-order valence-corrected chi connectivity index (χ4v) is 4.56. The molecular weight excluding hydrogens is 535 g/mol. The highest BCUT2D eigenvalue weighted by Crippen LogP contribution is 2.34. The molecule has 2 aromatic carbocycles. The van der Waals surface area contributed by atoms with Gasteiger partial charge in [0.25, 0.3) is 0 Å². The van der Waals surface area contributed by atoms with Gasteiger partial charge in [0.15, 0.2) is 5.11 Å². The molecule has 3 N–H and O–H groups in total. The molecule has 2 heterocycles. The van der Waals surface area contributed by atoms with Crippen molar-refractivity contribution in [2.75, 3.05) is 43.4 Å². The molecule has 4 rings (SSSR count). The number of carbonyl (C=O) groups excluding carboxylic acids is 1. The van der Waals surface area contributed by atoms with Crippen LogP contribution in [0.5, 0.6) is 5.75 Å². The zero-order valence-electron chi connectivity index (χ0n) is 20.5. The Morgan fingerprint density at radius 1 is 1.21 bits per heavy atom. The number of aliphatic carboxylic acids is 1. The topological polar surface area (TPSA) is 120 Å². The summed E-state index contributed by atoms with van der Waals surface area (Å²) in [7, 11) is 0. The number of hydrogen-bond donors (Lipinski definition) is 3. The average molecular weight is 561 g/mol. The van der Waals surface area contributed by atoms with E-state index in [1.165, 1.54) is 24.5 Å². The molecule has 0 atom stereocenters. The van der Waals surface area contributed by atoms with Crippen molar-refractivity contribution >= 4 is 68.9 Å². The first-order valence-electron chi connectivity index (χ1n) is 11.9. The number of carboxylic acid groups (broad SMARTS) is 1. The molecule has 1 aliphatic heterocycles. The third-order valence-electron chi connectivity index (χ3n) is 5.83. The maximum atomic E-state index is 13.6. The summed E-state index contributed by atoms with van der Waals surface area (Å²) in [6.07, 6.45) is 1.93. The molecule has 1 amide bonds. The number of amides is 1. The molecular formula is C25H26ClFN6O4S. The molecule has 0 saturated carbocycles. The van der Waals surface area contributed by atoms with Crippen molar-refractivity contribution < 1.29 is 23.8 Å². The summed E-state index contributed by atoms with van der Waals surface area (Å²) in [4.78, 5) is 36.1. The highest BCUT2D eigenvalue weighted by Gasteiger charge is 2.26. The van der Waals surface area contributed by atoms with Crippen molar-refractivity contribution in [3.8, 4) is 5.75 Å². The zero-order valence-corrected chi connectivity index (χ0v) is 22.1. The maximum Gasteiger partial charge on any atom is 0.303 e. The fourth-order valence-electron chi connectivity index (χ4n) is 4.04. The second-order valence-corrected chi connectivity index (χ2v) is 9.28. The monoisotopic (exact) mass is 560 g/mol. The average Bonchev–Trinajstić information content (AvgIpc) is 3.21. The first kappa shape index (κ1) is 27.3. The lowest BCUT2D eigenvalue weighted by Gasteiger charge is -2.21. The number of carboxylic acids is 1. The predicted octanol–water partition coefficient (Wildman–Crippen LogP) is 4.27. The summed E-state index contributed by atoms with van der Waals surface area (Å²) >= 11 is 11.4. The summed E-state index contributed by atoms with van der Waals surface area (Å²) in [6.45, 7) is 3.96. The van der Waals surface area contributed by atoms with E-state index in [1.807, 2.05) is 11.8 Å². The molecule has 3 aromatic rings. The summed E-state index contributed by atoms with van der Waals surface area (Å²) in [5.41, 5.74) is 1.55. The largest absolute Gasteiger partial charge is 0.492 e. The first-order chi connectivity index (χ1) is 18.2. The molecule has 0 bridgehead atoms. The van der Waals surface area contributed by atoms with Gasteiger partial charge in [-0.3, -0.25) is 9.59 Å². The lowest BCUT2D eigenvalue weighted by Crippen LogP contribution is -2.37. The molecule has 38 heavy (non-hydrogen) atoms. The fraction of sp³-hybridized carbons (Fsp3) is 0.320. The minimum Gasteiger partial charge on any atom is -0.492 e. The van der Waals surface area contributed by atoms with E-state index in [0.717, 1.165) is 0 Å². The van der Waals surface area contributed by atoms with Crippen LogP contribution in [0.15, 0.2) is 36.7 Å². The van der Waals surface area contributed by atoms with Gasteiger partial charge in [0, 0.05) is 43.2 Å². The van der Waals surface area contributed by atoms with Crippen LogP contribution < -0.4 is 15.4 Å². The Morgan fingerprint density at radius 2 is 2.00 bits per heavy atom. The van der Waals surface area contributed by atoms with Crippen LogP contribution in [0, 0.1) is 5.82 Å². The van der Waals surface area contributed by atoms with Crippen LogP contribution >= 0.6 is 23.8 Å². The smallest absolute Gasteiger partial charge is 0.303 e. The Kier molecular flexibility index (Phi) is 8.74. The SMILES string of the molecule is CCOc1cc2ncnc(Nc3ccc(F)c(Cl)c3)c2cc1NC(=O)CN1CCN(CCCC(=O)O)C1=S. The van der Waals surface area contributed by atoms with E-state index < -0.39 is 11.8 Å². The zero-order chi connectivity index (χ0) is 27.2. The molecule has 1 aliphatic rings. The Balaban J connectivity index is 1.51. The second kappa shape index (κ2) is 12.2. The van der Waals surface area contributed by atoms with Gasteiger partial charge >= 0.3 is 5.97 Å². The number of nitrogens with one attached hydrogen (secondary N) is 2. The number of rotatable bonds is 11. The number of benzene rings is 2. The van der Waals surface area contributed by atoms with E-state index >= 15 is 0 Å². The van der Waals surface area contributed by atoms with Gasteiger partial charge in [-0.25, -0.2) is 14.4 Å². The van der Waals surface area contributed by atoms with E-state index in [9.17, 15) is 14.0 Å². The molecule has 1 aromatic heterocycles. The molecule has 1 saturated heterocycles. The minimum atomic E-state index is -0.850. The predicted molar refractivity (Wildman–Crippen MR) is 147 cm³/mol. The van der Waals surface area contributed by atoms with Crippen LogP contribution in [-0.2, 0) is 9.59 Å². The van der Waals surface area contributed by atoms with Gasteiger partial charge in [0.1, 0.15) is 23.7 Å². The number of carbonyl (C=O) groups is 2. The first-order valence-corrected chi connectivity index (χ1v) is 12.7. The maximum absolute atomic E-state index is 13.6. The summed E-state index contributed by atoms with van der Waals surface area (Å²) in [5.74, 6) is -0.790. The molecule has 1 fully saturated rings. The molecule has 13 heteroatoms. The van der Waals surface area contributed by atoms with Gasteiger partial charge in [0.05, 0.1) is 29.4 Å². The minimum absolute atomic E-state index is 0.0276. The Labute approximate surface area is 228 Å². The third kappa shape index (κ3) is 6.56. The van der Waals surface area contributed by atoms with Crippen LogP contribution in [0.4, 0.5) is 21.6 Å². The number of anilines is 3. The van der Waals surface area contributed by atoms with Gasteiger partial charge in [-0.2, -0.15) is 0 Å². The van der Waals surface area contributed by atoms with Crippen LogP contribution in [0.2, 0.25) is 5.02 Å². The summed E-state index contributed by atoms with van der Waals surface area (Å²) < 4.78 is 19.3. The number of fused-ring (bicyclic) bond motifs is 1. The number of hydrogen-bond acceptors (Lipinski definition) is 7. The van der Waals surface area contributed by atoms with E-state index in [0.29, 0.717) is 71.6 Å². The van der Waals surface area contributed by atoms with Crippen molar-refractivity contribution in [1.29, 1.82) is 0 Å². The van der Waals surface area contributed by atoms with Crippen molar-refractivity contribution in [2.24, 2.45) is 0 Å². The van der Waals surface area contributed by atoms with Gasteiger partial charge in [-0.15, -0.1) is 0 Å². The highest BCUT2D eigenvalue weighted by molar-refractivity contribution is 7.80. The molecule has 0 aliphatic carbocycles. The van der Waals surface area contributed by atoms with Crippen molar-refractivity contribution in [3.05, 3.63) is 47.5 Å². The van der Waals surface area contributed by atoms with Gasteiger partial charge < -0.3 is 30.3 Å². The lowest BCUT2D eigenvalue weighted by atomic mass is 10.1. The van der Waals surface area contributed by atoms with Crippen molar-refractivity contribution in [1.82, 2.24) is 19.8 Å². The second-order valence-electron chi connectivity index (χ2n) is 8.51. The van der Waals surface area contributed by atoms with Gasteiger partial charge in [0.2, 0.25) is 5.91 Å². The molecule has 0 radical (unpaired) electrons. The van der Waals surface area contributed by atoms with E-state index in [1.54, 1.807) is 17.0 Å². The lowest BCUT2D eigenvalue weighted by molar-refractivity contribution is -0.137. The standard InChI is InChI=1S/C25H26ClFN6O4S/c1-2-37-21-12-19-16(24(29-14-28-19)30-15-5-6-18(27)17(26)10-15)11-20(21)31-22(34)13-33-9-8-32(25(33)38)7-3-4-23(35)36/h5-6,10-12,14H,2-4,7-9,13H2,1H3,(H,31,34)(H,35,36)(H,28,29,30). The van der Waals surface area contributed by atoms with Gasteiger partial charge in [-0.1, -0.05) is 11.6 Å². The molecule has 10 nitrogen and oxygen atoms in total. The normalized spacial score (nSPS) is 13.2. The van der Waals surface area contributed by atoms with Crippen LogP contribution in [-0.4, -0.2) is 74.6 Å². The number of ether oxygens (including phenoxy) is 1. The Bertz CT molecular complexity index is 1380. The van der Waals surface area contributed by atoms with E-state index in [2.05, 4.69) is 20.6 Å². The molecule has 0 unspecified atom stereocenters. The van der Waals surface area contributed by atoms with Crippen LogP contribution in [0.25, 0.3) is 10.9 Å². The van der Waals surface area contributed by atoms with Crippen LogP contribution in [0.3, 0.4) is 0 Å². The third-order valence-corrected chi connectivity index (χ3v) is 6.63. The number of nitrogens with zero attached hydrogens (tertiary/aromatic N) is 4. The number of aromatic nitrogens is 2. The van der Waals surface area contributed by atoms with E-state index in [-0.39, 0.29) is 23.9 Å². The summed E-state index contributed by atoms with van der Waals surface area (Å²) in [5, 5.41) is 16.0. The van der Waals surface area contributed by atoms with E-state index in [4.69, 9.17) is 33.7 Å². The van der Waals surface area contributed by atoms with Gasteiger partial charge in [-0.05, 0) is 49.8 Å². The van der Waals surface area contributed by atoms with Crippen LogP contribution in [0.1, 0.15) is 19.8 Å². The Morgan fingerprint density at radius 3 is 2.74 bits per heavy atom. The molecule has 200 valence electrons. The summed E-state index contributed by atoms with van der Waals surface area (Å²) in [6, 6.07) is 7.67. The van der Waals surface area contributed by atoms with Crippen molar-refractivity contribution in [3.63, 3.8) is 0 Å². The Hall–Kier alpha value is -3.77. The quantitative estimate of drug-likeness (QED) is 0.293. The number of thiocarbonyl (C=S) groups is 1. The van der Waals surface area contributed by atoms with Crippen molar-refractivity contribution in [2.45, 2.75) is 19.8 Å². The highest BCUT2D eigenvalue weighted by atomic mass is 35.5. The molecule has 0 spiro atoms. The number of halogens is 2.